The van der Waals surface area contributed by atoms with Gasteiger partial charge in [-0.3, -0.25) is 15.3 Å². The van der Waals surface area contributed by atoms with Gasteiger partial charge in [-0.25, -0.2) is 9.80 Å². The van der Waals surface area contributed by atoms with Crippen LogP contribution in [0.1, 0.15) is 19.4 Å². The normalized spacial score (nSPS) is 17.6. The predicted molar refractivity (Wildman–Crippen MR) is 131 cm³/mol. The monoisotopic (exact) mass is 491 g/mol. The van der Waals surface area contributed by atoms with Crippen molar-refractivity contribution in [2.45, 2.75) is 29.7 Å². The topological polar surface area (TPSA) is 111 Å². The number of nitrogens with zero attached hydrogens (tertiary/aromatic N) is 4. The summed E-state index contributed by atoms with van der Waals surface area (Å²) in [5.41, 5.74) is 1.04. The van der Waals surface area contributed by atoms with E-state index in [-0.39, 0.29) is 5.69 Å². The minimum Gasteiger partial charge on any atom is -0.306 e. The van der Waals surface area contributed by atoms with Crippen molar-refractivity contribution >= 4 is 63.7 Å². The second-order valence-electron chi connectivity index (χ2n) is 7.29. The van der Waals surface area contributed by atoms with E-state index in [4.69, 9.17) is 12.2 Å². The van der Waals surface area contributed by atoms with E-state index in [1.807, 2.05) is 44.4 Å². The molecular weight excluding hydrogens is 470 g/mol. The molecule has 1 saturated heterocycles. The molecule has 2 N–H and O–H groups in total. The molecule has 0 radical (unpaired) electrons. The highest BCUT2D eigenvalue weighted by Crippen LogP contribution is 2.42. The molecule has 1 unspecified atom stereocenters. The van der Waals surface area contributed by atoms with E-state index < -0.39 is 21.9 Å². The number of carbonyl (C=O) groups is 1. The highest BCUT2D eigenvalue weighted by molar-refractivity contribution is 8.24. The molecule has 1 aliphatic rings. The van der Waals surface area contributed by atoms with Gasteiger partial charge in [-0.15, -0.1) is 11.8 Å². The average Bonchev–Trinajstić information content (AvgIpc) is 2.99. The largest absolute Gasteiger partial charge is 0.347 e. The lowest BCUT2D eigenvalue weighted by Gasteiger charge is -2.34. The van der Waals surface area contributed by atoms with Crippen LogP contribution in [0.15, 0.2) is 58.5 Å². The summed E-state index contributed by atoms with van der Waals surface area (Å²) < 4.78 is -0.238. The lowest BCUT2D eigenvalue weighted by Crippen LogP contribution is -2.54. The third-order valence-corrected chi connectivity index (χ3v) is 6.89. The number of hydrogen-bond donors (Lipinski definition) is 2. The van der Waals surface area contributed by atoms with E-state index in [0.717, 1.165) is 10.5 Å². The second kappa shape index (κ2) is 9.86. The van der Waals surface area contributed by atoms with Crippen LogP contribution in [0.25, 0.3) is 0 Å². The van der Waals surface area contributed by atoms with Gasteiger partial charge in [-0.1, -0.05) is 36.1 Å². The van der Waals surface area contributed by atoms with Crippen LogP contribution in [0.4, 0.5) is 16.2 Å². The quantitative estimate of drug-likeness (QED) is 0.145. The van der Waals surface area contributed by atoms with Crippen molar-refractivity contribution in [1.29, 1.82) is 0 Å². The zero-order chi connectivity index (χ0) is 23.5. The lowest BCUT2D eigenvalue weighted by molar-refractivity contribution is -0.384. The van der Waals surface area contributed by atoms with Crippen molar-refractivity contribution in [3.63, 3.8) is 0 Å². The van der Waals surface area contributed by atoms with Crippen LogP contribution in [-0.4, -0.2) is 53.9 Å². The zero-order valence-electron chi connectivity index (χ0n) is 17.5. The van der Waals surface area contributed by atoms with Crippen LogP contribution in [0.2, 0.25) is 0 Å². The number of nitro groups is 1. The summed E-state index contributed by atoms with van der Waals surface area (Å²) in [6.45, 7) is 3.69. The van der Waals surface area contributed by atoms with E-state index in [1.165, 1.54) is 41.0 Å². The highest BCUT2D eigenvalue weighted by atomic mass is 32.2. The summed E-state index contributed by atoms with van der Waals surface area (Å²) in [5, 5.41) is 30.4. The number of thioether (sulfide) groups is 2. The number of nitro benzene ring substituents is 1. The number of hydroxylamine groups is 2. The van der Waals surface area contributed by atoms with Crippen molar-refractivity contribution in [3.8, 4) is 0 Å². The van der Waals surface area contributed by atoms with E-state index in [9.17, 15) is 20.1 Å². The average molecular weight is 492 g/mol. The number of urea groups is 1. The molecule has 1 fully saturated rings. The number of rotatable bonds is 6. The SMILES string of the molecule is CSc1ccc(C=NN2C(=S)SC(C)(C)C2N(O)C(=O)Nc2ccc([N+](=O)[O-])cc2)cc1. The van der Waals surface area contributed by atoms with E-state index in [0.29, 0.717) is 15.1 Å². The maximum Gasteiger partial charge on any atom is 0.347 e. The maximum atomic E-state index is 12.7. The molecular formula is C20H21N5O4S3. The fraction of sp³-hybridized carbons (Fsp3) is 0.250. The van der Waals surface area contributed by atoms with Crippen molar-refractivity contribution in [2.24, 2.45) is 5.10 Å². The molecule has 1 heterocycles. The van der Waals surface area contributed by atoms with Gasteiger partial charge in [0.05, 0.1) is 15.9 Å². The van der Waals surface area contributed by atoms with Crippen molar-refractivity contribution in [1.82, 2.24) is 10.1 Å². The van der Waals surface area contributed by atoms with Crippen molar-refractivity contribution < 1.29 is 14.9 Å². The Hall–Kier alpha value is -2.67. The van der Waals surface area contributed by atoms with E-state index >= 15 is 0 Å². The van der Waals surface area contributed by atoms with Crippen LogP contribution in [-0.2, 0) is 0 Å². The molecule has 3 rings (SSSR count). The fourth-order valence-electron chi connectivity index (χ4n) is 3.00. The molecule has 12 heteroatoms. The highest BCUT2D eigenvalue weighted by Gasteiger charge is 2.50. The summed E-state index contributed by atoms with van der Waals surface area (Å²) in [5.74, 6) is 0. The number of anilines is 1. The lowest BCUT2D eigenvalue weighted by atomic mass is 10.1. The summed E-state index contributed by atoms with van der Waals surface area (Å²) in [7, 11) is 0. The van der Waals surface area contributed by atoms with Crippen molar-refractivity contribution in [3.05, 3.63) is 64.2 Å². The summed E-state index contributed by atoms with van der Waals surface area (Å²) in [6, 6.07) is 12.3. The second-order valence-corrected chi connectivity index (χ2v) is 10.5. The first kappa shape index (κ1) is 24.0. The van der Waals surface area contributed by atoms with Gasteiger partial charge in [0.1, 0.15) is 0 Å². The van der Waals surface area contributed by atoms with Gasteiger partial charge >= 0.3 is 6.03 Å². The maximum absolute atomic E-state index is 12.7. The third kappa shape index (κ3) is 5.38. The first-order valence-corrected chi connectivity index (χ1v) is 11.8. The number of benzene rings is 2. The Morgan fingerprint density at radius 2 is 1.94 bits per heavy atom. The minimum absolute atomic E-state index is 0.103. The zero-order valence-corrected chi connectivity index (χ0v) is 19.9. The Morgan fingerprint density at radius 3 is 2.50 bits per heavy atom. The standard InChI is InChI=1S/C20H21N5O4S3/c1-20(2)17(24(27)18(26)22-14-6-8-15(9-7-14)25(28)29)23(19(30)32-20)21-12-13-4-10-16(31-3)11-5-13/h4-12,17,27H,1-3H3,(H,22,26). The molecule has 0 aromatic heterocycles. The van der Waals surface area contributed by atoms with Crippen LogP contribution >= 0.6 is 35.7 Å². The molecule has 0 saturated carbocycles. The number of hydrazone groups is 1. The first-order chi connectivity index (χ1) is 15.1. The molecule has 2 aromatic carbocycles. The Bertz CT molecular complexity index is 1040. The summed E-state index contributed by atoms with van der Waals surface area (Å²) in [6.07, 6.45) is 2.74. The van der Waals surface area contributed by atoms with Crippen LogP contribution in [0.3, 0.4) is 0 Å². The first-order valence-electron chi connectivity index (χ1n) is 9.36. The van der Waals surface area contributed by atoms with E-state index in [1.54, 1.807) is 18.0 Å². The van der Waals surface area contributed by atoms with Gasteiger partial charge < -0.3 is 5.32 Å². The van der Waals surface area contributed by atoms with Gasteiger partial charge in [-0.2, -0.15) is 10.2 Å². The number of thiocarbonyl (C=S) groups is 1. The summed E-state index contributed by atoms with van der Waals surface area (Å²) >= 11 is 8.39. The van der Waals surface area contributed by atoms with Gasteiger partial charge in [0, 0.05) is 22.7 Å². The Kier molecular flexibility index (Phi) is 7.39. The number of non-ortho nitro benzene ring substituents is 1. The Labute approximate surface area is 199 Å². The number of nitrogens with one attached hydrogen (secondary N) is 1. The number of amides is 2. The molecule has 2 aromatic rings. The molecule has 0 bridgehead atoms. The van der Waals surface area contributed by atoms with Gasteiger partial charge in [0.2, 0.25) is 0 Å². The van der Waals surface area contributed by atoms with Crippen LogP contribution in [0, 0.1) is 10.1 Å². The molecule has 1 aliphatic heterocycles. The fourth-order valence-corrected chi connectivity index (χ4v) is 5.20. The van der Waals surface area contributed by atoms with Crippen molar-refractivity contribution in [2.75, 3.05) is 11.6 Å². The molecule has 32 heavy (non-hydrogen) atoms. The number of carbonyl (C=O) groups excluding carboxylic acids is 1. The van der Waals surface area contributed by atoms with E-state index in [2.05, 4.69) is 10.4 Å². The molecule has 9 nitrogen and oxygen atoms in total. The molecule has 168 valence electrons. The van der Waals surface area contributed by atoms with Crippen LogP contribution < -0.4 is 5.32 Å². The molecule has 1 atom stereocenters. The smallest absolute Gasteiger partial charge is 0.306 e. The van der Waals surface area contributed by atoms with Crippen LogP contribution in [0.5, 0.6) is 0 Å². The summed E-state index contributed by atoms with van der Waals surface area (Å²) in [4.78, 5) is 24.1. The third-order valence-electron chi connectivity index (χ3n) is 4.61. The Morgan fingerprint density at radius 1 is 1.31 bits per heavy atom. The minimum atomic E-state index is -0.875. The number of hydrogen-bond acceptors (Lipinski definition) is 8. The predicted octanol–water partition coefficient (Wildman–Crippen LogP) is 5.01. The molecule has 0 spiro atoms. The molecule has 0 aliphatic carbocycles. The van der Waals surface area contributed by atoms with Gasteiger partial charge in [0.25, 0.3) is 5.69 Å². The Balaban J connectivity index is 1.78. The molecule has 2 amide bonds. The van der Waals surface area contributed by atoms with Gasteiger partial charge in [-0.05, 0) is 49.9 Å². The van der Waals surface area contributed by atoms with Gasteiger partial charge in [0.15, 0.2) is 10.5 Å².